The number of anilines is 2. The van der Waals surface area contributed by atoms with Crippen molar-refractivity contribution in [3.63, 3.8) is 0 Å². The SMILES string of the molecule is CCCCN(CCCC)C(=O)c1ccc2nc(Nc3ccc(OC)cc3)n(CC(C)(C)CN(C)C)c2n1. The smallest absolute Gasteiger partial charge is 0.272 e. The fraction of sp³-hybridized carbons (Fsp3) is 0.552. The maximum Gasteiger partial charge on any atom is 0.272 e. The number of hydrogen-bond donors (Lipinski definition) is 1. The summed E-state index contributed by atoms with van der Waals surface area (Å²) in [6.45, 7) is 11.9. The van der Waals surface area contributed by atoms with Crippen LogP contribution in [0.4, 0.5) is 11.6 Å². The van der Waals surface area contributed by atoms with E-state index in [2.05, 4.69) is 56.6 Å². The van der Waals surface area contributed by atoms with Crippen LogP contribution in [-0.4, -0.2) is 71.1 Å². The van der Waals surface area contributed by atoms with E-state index >= 15 is 0 Å². The van der Waals surface area contributed by atoms with Gasteiger partial charge in [0.15, 0.2) is 5.65 Å². The standard InChI is InChI=1S/C29H44N6O2/c1-8-10-18-34(19-11-9-2)27(36)25-17-16-24-26(31-25)35(21-29(3,4)20-33(5)6)28(32-24)30-22-12-14-23(37-7)15-13-22/h12-17H,8-11,18-21H2,1-7H3,(H,30,32). The van der Waals surface area contributed by atoms with Crippen LogP contribution in [0.1, 0.15) is 63.9 Å². The van der Waals surface area contributed by atoms with Crippen LogP contribution in [0.15, 0.2) is 36.4 Å². The molecule has 2 heterocycles. The zero-order valence-electron chi connectivity index (χ0n) is 23.7. The summed E-state index contributed by atoms with van der Waals surface area (Å²) in [6.07, 6.45) is 4.08. The molecule has 0 aliphatic heterocycles. The molecule has 0 saturated heterocycles. The van der Waals surface area contributed by atoms with Gasteiger partial charge >= 0.3 is 0 Å². The van der Waals surface area contributed by atoms with Gasteiger partial charge in [-0.25, -0.2) is 9.97 Å². The lowest BCUT2D eigenvalue weighted by Gasteiger charge is -2.29. The Hall–Kier alpha value is -3.13. The molecule has 8 nitrogen and oxygen atoms in total. The van der Waals surface area contributed by atoms with E-state index in [4.69, 9.17) is 14.7 Å². The highest BCUT2D eigenvalue weighted by Crippen LogP contribution is 2.28. The minimum Gasteiger partial charge on any atom is -0.497 e. The second-order valence-corrected chi connectivity index (χ2v) is 10.8. The predicted octanol–water partition coefficient (Wildman–Crippen LogP) is 5.81. The Balaban J connectivity index is 2.02. The Bertz CT molecular complexity index is 1150. The third-order valence-corrected chi connectivity index (χ3v) is 6.34. The van der Waals surface area contributed by atoms with Crippen LogP contribution in [0, 0.1) is 5.41 Å². The summed E-state index contributed by atoms with van der Waals surface area (Å²) in [6, 6.07) is 11.5. The zero-order chi connectivity index (χ0) is 27.0. The van der Waals surface area contributed by atoms with Crippen molar-refractivity contribution in [3.05, 3.63) is 42.1 Å². The van der Waals surface area contributed by atoms with Gasteiger partial charge in [-0.1, -0.05) is 40.5 Å². The molecular weight excluding hydrogens is 464 g/mol. The van der Waals surface area contributed by atoms with Crippen molar-refractivity contribution >= 4 is 28.7 Å². The molecule has 0 saturated carbocycles. The van der Waals surface area contributed by atoms with E-state index in [1.807, 2.05) is 41.3 Å². The lowest BCUT2D eigenvalue weighted by molar-refractivity contribution is 0.0745. The molecule has 2 aromatic heterocycles. The number of ether oxygens (including phenoxy) is 1. The van der Waals surface area contributed by atoms with Gasteiger partial charge in [-0.15, -0.1) is 0 Å². The number of rotatable bonds is 14. The summed E-state index contributed by atoms with van der Waals surface area (Å²) in [7, 11) is 5.83. The molecular formula is C29H44N6O2. The Morgan fingerprint density at radius 2 is 1.65 bits per heavy atom. The number of carbonyl (C=O) groups excluding carboxylic acids is 1. The molecule has 0 fully saturated rings. The number of imidazole rings is 1. The summed E-state index contributed by atoms with van der Waals surface area (Å²) in [5, 5.41) is 3.46. The van der Waals surface area contributed by atoms with Crippen molar-refractivity contribution in [2.24, 2.45) is 5.41 Å². The second-order valence-electron chi connectivity index (χ2n) is 10.8. The van der Waals surface area contributed by atoms with E-state index < -0.39 is 0 Å². The van der Waals surface area contributed by atoms with Crippen LogP contribution in [-0.2, 0) is 6.54 Å². The van der Waals surface area contributed by atoms with Gasteiger partial charge in [0.1, 0.15) is 17.0 Å². The van der Waals surface area contributed by atoms with Crippen LogP contribution < -0.4 is 10.1 Å². The monoisotopic (exact) mass is 508 g/mol. The molecule has 0 atom stereocenters. The van der Waals surface area contributed by atoms with Crippen LogP contribution in [0.25, 0.3) is 11.2 Å². The third-order valence-electron chi connectivity index (χ3n) is 6.34. The van der Waals surface area contributed by atoms with Crippen molar-refractivity contribution < 1.29 is 9.53 Å². The Morgan fingerprint density at radius 3 is 2.22 bits per heavy atom. The Labute approximate surface area is 222 Å². The van der Waals surface area contributed by atoms with E-state index in [0.717, 1.165) is 67.9 Å². The van der Waals surface area contributed by atoms with Crippen molar-refractivity contribution in [2.45, 2.75) is 59.9 Å². The average Bonchev–Trinajstić information content (AvgIpc) is 3.18. The maximum absolute atomic E-state index is 13.5. The molecule has 0 radical (unpaired) electrons. The molecule has 1 amide bonds. The number of pyridine rings is 1. The lowest BCUT2D eigenvalue weighted by Crippen LogP contribution is -2.34. The molecule has 0 bridgehead atoms. The summed E-state index contributed by atoms with van der Waals surface area (Å²) in [5.74, 6) is 1.50. The fourth-order valence-electron chi connectivity index (χ4n) is 4.68. The molecule has 3 aromatic rings. The van der Waals surface area contributed by atoms with E-state index in [1.165, 1.54) is 0 Å². The quantitative estimate of drug-likeness (QED) is 0.296. The van der Waals surface area contributed by atoms with Crippen LogP contribution in [0.3, 0.4) is 0 Å². The first-order valence-electron chi connectivity index (χ1n) is 13.4. The van der Waals surface area contributed by atoms with Gasteiger partial charge in [0, 0.05) is 31.9 Å². The highest BCUT2D eigenvalue weighted by molar-refractivity contribution is 5.94. The Morgan fingerprint density at radius 1 is 1.00 bits per heavy atom. The summed E-state index contributed by atoms with van der Waals surface area (Å²) in [5.41, 5.74) is 2.82. The summed E-state index contributed by atoms with van der Waals surface area (Å²) < 4.78 is 7.41. The minimum atomic E-state index is -0.0521. The largest absolute Gasteiger partial charge is 0.497 e. The molecule has 0 spiro atoms. The second kappa shape index (κ2) is 12.9. The van der Waals surface area contributed by atoms with Gasteiger partial charge < -0.3 is 19.9 Å². The number of amides is 1. The third kappa shape index (κ3) is 7.68. The van der Waals surface area contributed by atoms with Crippen molar-refractivity contribution in [3.8, 4) is 5.75 Å². The highest BCUT2D eigenvalue weighted by Gasteiger charge is 2.25. The van der Waals surface area contributed by atoms with Gasteiger partial charge in [0.05, 0.1) is 7.11 Å². The molecule has 0 aliphatic carbocycles. The number of benzene rings is 1. The summed E-state index contributed by atoms with van der Waals surface area (Å²) >= 11 is 0. The number of methoxy groups -OCH3 is 1. The maximum atomic E-state index is 13.5. The first-order chi connectivity index (χ1) is 17.7. The van der Waals surface area contributed by atoms with Gasteiger partial charge in [-0.3, -0.25) is 9.36 Å². The van der Waals surface area contributed by atoms with Crippen LogP contribution >= 0.6 is 0 Å². The van der Waals surface area contributed by atoms with Crippen LogP contribution in [0.5, 0.6) is 5.75 Å². The minimum absolute atomic E-state index is 0.00577. The summed E-state index contributed by atoms with van der Waals surface area (Å²) in [4.78, 5) is 27.4. The topological polar surface area (TPSA) is 75.5 Å². The predicted molar refractivity (Wildman–Crippen MR) is 152 cm³/mol. The van der Waals surface area contributed by atoms with Crippen molar-refractivity contribution in [1.82, 2.24) is 24.3 Å². The van der Waals surface area contributed by atoms with Crippen molar-refractivity contribution in [2.75, 3.05) is 46.2 Å². The Kier molecular flexibility index (Phi) is 9.92. The molecule has 37 heavy (non-hydrogen) atoms. The number of hydrogen-bond acceptors (Lipinski definition) is 6. The van der Waals surface area contributed by atoms with E-state index in [9.17, 15) is 4.79 Å². The van der Waals surface area contributed by atoms with E-state index in [-0.39, 0.29) is 11.3 Å². The molecule has 0 aliphatic rings. The first-order valence-corrected chi connectivity index (χ1v) is 13.4. The number of nitrogens with one attached hydrogen (secondary N) is 1. The fourth-order valence-corrected chi connectivity index (χ4v) is 4.68. The van der Waals surface area contributed by atoms with Gasteiger partial charge in [-0.2, -0.15) is 0 Å². The van der Waals surface area contributed by atoms with Gasteiger partial charge in [-0.05, 0) is 68.8 Å². The van der Waals surface area contributed by atoms with Gasteiger partial charge in [0.25, 0.3) is 5.91 Å². The van der Waals surface area contributed by atoms with E-state index in [0.29, 0.717) is 18.2 Å². The lowest BCUT2D eigenvalue weighted by atomic mass is 9.93. The average molecular weight is 509 g/mol. The number of carbonyl (C=O) groups is 1. The van der Waals surface area contributed by atoms with Crippen molar-refractivity contribution in [1.29, 1.82) is 0 Å². The van der Waals surface area contributed by atoms with Gasteiger partial charge in [0.2, 0.25) is 5.95 Å². The normalized spacial score (nSPS) is 11.8. The number of nitrogens with zero attached hydrogens (tertiary/aromatic N) is 5. The zero-order valence-corrected chi connectivity index (χ0v) is 23.7. The molecule has 1 N–H and O–H groups in total. The number of aromatic nitrogens is 3. The number of unbranched alkanes of at least 4 members (excludes halogenated alkanes) is 2. The number of fused-ring (bicyclic) bond motifs is 1. The molecule has 8 heteroatoms. The highest BCUT2D eigenvalue weighted by atomic mass is 16.5. The van der Waals surface area contributed by atoms with E-state index in [1.54, 1.807) is 7.11 Å². The molecule has 3 rings (SSSR count). The molecule has 0 unspecified atom stereocenters. The molecule has 202 valence electrons. The molecule has 1 aromatic carbocycles. The first kappa shape index (κ1) is 28.4. The van der Waals surface area contributed by atoms with Crippen LogP contribution in [0.2, 0.25) is 0 Å².